The third-order valence-electron chi connectivity index (χ3n) is 6.10. The largest absolute Gasteiger partial charge is 0.338 e. The van der Waals surface area contributed by atoms with Crippen LogP contribution < -0.4 is 10.9 Å². The summed E-state index contributed by atoms with van der Waals surface area (Å²) in [5.41, 5.74) is 6.02. The van der Waals surface area contributed by atoms with Crippen LogP contribution in [0.15, 0.2) is 35.3 Å². The van der Waals surface area contributed by atoms with Crippen LogP contribution in [0.25, 0.3) is 22.4 Å². The number of hydrogen-bond acceptors (Lipinski definition) is 3. The van der Waals surface area contributed by atoms with E-state index in [4.69, 9.17) is 4.98 Å². The molecule has 3 aromatic rings. The summed E-state index contributed by atoms with van der Waals surface area (Å²) in [6.07, 6.45) is 6.39. The highest BCUT2D eigenvalue weighted by Gasteiger charge is 2.35. The van der Waals surface area contributed by atoms with Crippen molar-refractivity contribution < 1.29 is 0 Å². The molecule has 2 heterocycles. The van der Waals surface area contributed by atoms with E-state index in [-0.39, 0.29) is 11.0 Å². The van der Waals surface area contributed by atoms with Crippen LogP contribution >= 0.6 is 0 Å². The highest BCUT2D eigenvalue weighted by molar-refractivity contribution is 5.81. The van der Waals surface area contributed by atoms with E-state index in [0.717, 1.165) is 41.8 Å². The van der Waals surface area contributed by atoms with E-state index >= 15 is 0 Å². The Balaban J connectivity index is 1.68. The van der Waals surface area contributed by atoms with Crippen molar-refractivity contribution in [1.82, 2.24) is 19.9 Å². The number of nitrogens with one attached hydrogen (secondary N) is 2. The fourth-order valence-corrected chi connectivity index (χ4v) is 4.28. The molecule has 1 aliphatic carbocycles. The topological polar surface area (TPSA) is 62.7 Å². The molecule has 1 aliphatic rings. The molecule has 28 heavy (non-hydrogen) atoms. The van der Waals surface area contributed by atoms with Crippen LogP contribution in [0.1, 0.15) is 44.7 Å². The lowest BCUT2D eigenvalue weighted by Gasteiger charge is -2.40. The summed E-state index contributed by atoms with van der Waals surface area (Å²) in [5, 5.41) is 3.78. The van der Waals surface area contributed by atoms with Crippen molar-refractivity contribution >= 4 is 11.0 Å². The van der Waals surface area contributed by atoms with Gasteiger partial charge >= 0.3 is 0 Å². The van der Waals surface area contributed by atoms with Gasteiger partial charge in [-0.3, -0.25) is 4.79 Å². The second-order valence-corrected chi connectivity index (χ2v) is 8.82. The zero-order chi connectivity index (χ0) is 19.9. The second-order valence-electron chi connectivity index (χ2n) is 8.82. The van der Waals surface area contributed by atoms with Gasteiger partial charge in [-0.15, -0.1) is 0 Å². The van der Waals surface area contributed by atoms with E-state index in [0.29, 0.717) is 6.04 Å². The quantitative estimate of drug-likeness (QED) is 0.664. The number of imidazole rings is 1. The average Bonchev–Trinajstić information content (AvgIpc) is 3.05. The summed E-state index contributed by atoms with van der Waals surface area (Å²) in [7, 11) is 1.76. The average molecular weight is 379 g/mol. The molecule has 1 atom stereocenters. The highest BCUT2D eigenvalue weighted by Crippen LogP contribution is 2.37. The third kappa shape index (κ3) is 3.51. The Morgan fingerprint density at radius 3 is 2.86 bits per heavy atom. The van der Waals surface area contributed by atoms with Gasteiger partial charge in [-0.05, 0) is 60.5 Å². The van der Waals surface area contributed by atoms with E-state index < -0.39 is 0 Å². The van der Waals surface area contributed by atoms with Gasteiger partial charge in [0.15, 0.2) is 0 Å². The number of aromatic nitrogens is 3. The Kier molecular flexibility index (Phi) is 4.88. The molecule has 2 aromatic heterocycles. The van der Waals surface area contributed by atoms with Gasteiger partial charge in [0.2, 0.25) is 5.56 Å². The Labute approximate surface area is 166 Å². The number of pyridine rings is 1. The van der Waals surface area contributed by atoms with E-state index in [1.54, 1.807) is 17.7 Å². The first kappa shape index (κ1) is 18.9. The second kappa shape index (κ2) is 7.21. The first-order chi connectivity index (χ1) is 13.4. The van der Waals surface area contributed by atoms with Crippen molar-refractivity contribution in [2.75, 3.05) is 6.54 Å². The molecule has 1 aromatic carbocycles. The maximum atomic E-state index is 11.7. The molecule has 0 amide bonds. The number of hydrogen-bond donors (Lipinski definition) is 2. The molecule has 148 valence electrons. The SMILES string of the molecule is CCCCN[C@@H]1Cc2cc3nc(-c4ccc(=O)n(C)c4)[nH]c3cc2CC1(C)C. The molecular formula is C23H30N4O. The maximum absolute atomic E-state index is 11.7. The fraction of sp³-hybridized carbons (Fsp3) is 0.478. The van der Waals surface area contributed by atoms with Crippen LogP contribution in [0.4, 0.5) is 0 Å². The van der Waals surface area contributed by atoms with Crippen LogP contribution in [0.2, 0.25) is 0 Å². The molecule has 4 rings (SSSR count). The molecule has 0 saturated heterocycles. The normalized spacial score (nSPS) is 18.4. The highest BCUT2D eigenvalue weighted by atomic mass is 16.1. The van der Waals surface area contributed by atoms with E-state index in [1.807, 2.05) is 12.3 Å². The number of fused-ring (bicyclic) bond motifs is 2. The number of benzene rings is 1. The minimum absolute atomic E-state index is 0.0147. The zero-order valence-electron chi connectivity index (χ0n) is 17.3. The molecule has 0 spiro atoms. The number of aromatic amines is 1. The molecule has 0 unspecified atom stereocenters. The summed E-state index contributed by atoms with van der Waals surface area (Å²) in [5.74, 6) is 0.810. The number of H-pyrrole nitrogens is 1. The van der Waals surface area contributed by atoms with Gasteiger partial charge in [0.1, 0.15) is 5.82 Å². The van der Waals surface area contributed by atoms with Crippen molar-refractivity contribution in [1.29, 1.82) is 0 Å². The minimum Gasteiger partial charge on any atom is -0.338 e. The lowest BCUT2D eigenvalue weighted by molar-refractivity contribution is 0.222. The zero-order valence-corrected chi connectivity index (χ0v) is 17.3. The molecule has 0 radical (unpaired) electrons. The van der Waals surface area contributed by atoms with Gasteiger partial charge in [-0.1, -0.05) is 27.2 Å². The van der Waals surface area contributed by atoms with Crippen molar-refractivity contribution in [3.05, 3.63) is 51.9 Å². The first-order valence-corrected chi connectivity index (χ1v) is 10.3. The van der Waals surface area contributed by atoms with Gasteiger partial charge in [-0.2, -0.15) is 0 Å². The smallest absolute Gasteiger partial charge is 0.250 e. The molecule has 5 heteroatoms. The maximum Gasteiger partial charge on any atom is 0.250 e. The first-order valence-electron chi connectivity index (χ1n) is 10.3. The number of aryl methyl sites for hydroxylation is 1. The van der Waals surface area contributed by atoms with Gasteiger partial charge < -0.3 is 14.9 Å². The Morgan fingerprint density at radius 2 is 2.11 bits per heavy atom. The van der Waals surface area contributed by atoms with Crippen molar-refractivity contribution in [3.8, 4) is 11.4 Å². The molecule has 0 bridgehead atoms. The van der Waals surface area contributed by atoms with Gasteiger partial charge in [-0.25, -0.2) is 4.98 Å². The minimum atomic E-state index is -0.0147. The summed E-state index contributed by atoms with van der Waals surface area (Å²) >= 11 is 0. The van der Waals surface area contributed by atoms with Gasteiger partial charge in [0, 0.05) is 30.9 Å². The Hall–Kier alpha value is -2.40. The van der Waals surface area contributed by atoms with E-state index in [2.05, 4.69) is 43.2 Å². The molecule has 0 saturated carbocycles. The van der Waals surface area contributed by atoms with E-state index in [9.17, 15) is 4.79 Å². The Morgan fingerprint density at radius 1 is 1.29 bits per heavy atom. The van der Waals surface area contributed by atoms with Crippen LogP contribution in [0, 0.1) is 5.41 Å². The molecule has 0 aliphatic heterocycles. The van der Waals surface area contributed by atoms with Gasteiger partial charge in [0.25, 0.3) is 0 Å². The fourth-order valence-electron chi connectivity index (χ4n) is 4.28. The molecule has 0 fully saturated rings. The predicted molar refractivity (Wildman–Crippen MR) is 115 cm³/mol. The molecular weight excluding hydrogens is 348 g/mol. The van der Waals surface area contributed by atoms with Gasteiger partial charge in [0.05, 0.1) is 11.0 Å². The number of unbranched alkanes of at least 4 members (excludes halogenated alkanes) is 1. The summed E-state index contributed by atoms with van der Waals surface area (Å²) in [6, 6.07) is 8.43. The predicted octanol–water partition coefficient (Wildman–Crippen LogP) is 3.81. The molecule has 5 nitrogen and oxygen atoms in total. The van der Waals surface area contributed by atoms with Crippen molar-refractivity contribution in [2.24, 2.45) is 12.5 Å². The lowest BCUT2D eigenvalue weighted by Crippen LogP contribution is -2.47. The van der Waals surface area contributed by atoms with Crippen LogP contribution in [0.5, 0.6) is 0 Å². The van der Waals surface area contributed by atoms with Crippen molar-refractivity contribution in [2.45, 2.75) is 52.5 Å². The standard InChI is InChI=1S/C23H30N4O/c1-5-6-9-24-20-12-16-10-18-19(11-17(16)13-23(20,2)3)26-22(25-18)15-7-8-21(28)27(4)14-15/h7-8,10-11,14,20,24H,5-6,9,12-13H2,1-4H3,(H,25,26)/t20-/m1/s1. The van der Waals surface area contributed by atoms with Crippen LogP contribution in [-0.4, -0.2) is 27.1 Å². The third-order valence-corrected chi connectivity index (χ3v) is 6.10. The monoisotopic (exact) mass is 378 g/mol. The summed E-state index contributed by atoms with van der Waals surface area (Å²) in [6.45, 7) is 8.06. The summed E-state index contributed by atoms with van der Waals surface area (Å²) < 4.78 is 1.59. The molecule has 2 N–H and O–H groups in total. The number of nitrogens with zero attached hydrogens (tertiary/aromatic N) is 2. The van der Waals surface area contributed by atoms with Crippen LogP contribution in [0.3, 0.4) is 0 Å². The van der Waals surface area contributed by atoms with Crippen LogP contribution in [-0.2, 0) is 19.9 Å². The lowest BCUT2D eigenvalue weighted by atomic mass is 9.70. The van der Waals surface area contributed by atoms with E-state index in [1.165, 1.54) is 24.0 Å². The van der Waals surface area contributed by atoms with Crippen molar-refractivity contribution in [3.63, 3.8) is 0 Å². The Bertz CT molecular complexity index is 1060. The number of rotatable bonds is 5. The summed E-state index contributed by atoms with van der Waals surface area (Å²) in [4.78, 5) is 19.9.